The second kappa shape index (κ2) is 13.0. The van der Waals surface area contributed by atoms with E-state index in [1.54, 1.807) is 0 Å². The van der Waals surface area contributed by atoms with E-state index in [4.69, 9.17) is 0 Å². The summed E-state index contributed by atoms with van der Waals surface area (Å²) in [6.45, 7) is 6.44. The molecule has 1 aromatic rings. The van der Waals surface area contributed by atoms with Crippen molar-refractivity contribution in [2.45, 2.75) is 78.4 Å². The van der Waals surface area contributed by atoms with Crippen LogP contribution in [0.5, 0.6) is 0 Å². The van der Waals surface area contributed by atoms with E-state index in [0.29, 0.717) is 0 Å². The number of rotatable bonds is 14. The normalized spacial score (nSPS) is 11.0. The summed E-state index contributed by atoms with van der Waals surface area (Å²) < 4.78 is 0. The molecule has 1 aromatic carbocycles. The van der Waals surface area contributed by atoms with Crippen molar-refractivity contribution in [1.29, 1.82) is 0 Å². The molecule has 1 rings (SSSR count). The summed E-state index contributed by atoms with van der Waals surface area (Å²) >= 11 is 0. The summed E-state index contributed by atoms with van der Waals surface area (Å²) in [5, 5.41) is 19.8. The largest absolute Gasteiger partial charge is 0.392 e. The summed E-state index contributed by atoms with van der Waals surface area (Å²) in [4.78, 5) is 4.43. The zero-order valence-electron chi connectivity index (χ0n) is 17.4. The van der Waals surface area contributed by atoms with E-state index < -0.39 is 0 Å². The van der Waals surface area contributed by atoms with Crippen LogP contribution in [0, 0.1) is 0 Å². The summed E-state index contributed by atoms with van der Waals surface area (Å²) in [6.07, 6.45) is 9.79. The Kier molecular flexibility index (Phi) is 11.4. The second-order valence-electron chi connectivity index (χ2n) is 7.39. The van der Waals surface area contributed by atoms with Crippen molar-refractivity contribution in [3.8, 4) is 0 Å². The quantitative estimate of drug-likeness (QED) is 0.470. The first kappa shape index (κ1) is 22.8. The molecule has 26 heavy (non-hydrogen) atoms. The van der Waals surface area contributed by atoms with Crippen LogP contribution in [-0.2, 0) is 13.2 Å². The van der Waals surface area contributed by atoms with Crippen molar-refractivity contribution < 1.29 is 10.2 Å². The average molecular weight is 365 g/mol. The highest BCUT2D eigenvalue weighted by Gasteiger charge is 2.15. The highest BCUT2D eigenvalue weighted by Crippen LogP contribution is 2.30. The van der Waals surface area contributed by atoms with E-state index in [-0.39, 0.29) is 13.2 Å². The van der Waals surface area contributed by atoms with Gasteiger partial charge in [-0.2, -0.15) is 0 Å². The number of hydrogen-bond acceptors (Lipinski definition) is 4. The van der Waals surface area contributed by atoms with Crippen molar-refractivity contribution >= 4 is 11.4 Å². The molecule has 0 fully saturated rings. The molecule has 4 nitrogen and oxygen atoms in total. The molecule has 0 bridgehead atoms. The van der Waals surface area contributed by atoms with Gasteiger partial charge in [0, 0.05) is 49.7 Å². The standard InChI is InChI=1S/C22H40N2O2/c1-5-7-9-11-13-23(3)21-15-20(18-26)22(16-19(21)17-25)24(4)14-12-10-8-6-2/h15-16,25-26H,5-14,17-18H2,1-4H3. The molecule has 0 radical (unpaired) electrons. The maximum atomic E-state index is 9.89. The lowest BCUT2D eigenvalue weighted by molar-refractivity contribution is 0.278. The van der Waals surface area contributed by atoms with Gasteiger partial charge in [-0.1, -0.05) is 52.4 Å². The molecule has 0 unspecified atom stereocenters. The maximum absolute atomic E-state index is 9.89. The lowest BCUT2D eigenvalue weighted by Crippen LogP contribution is -2.23. The predicted molar refractivity (Wildman–Crippen MR) is 113 cm³/mol. The summed E-state index contributed by atoms with van der Waals surface area (Å²) in [7, 11) is 4.16. The molecule has 0 aliphatic heterocycles. The SMILES string of the molecule is CCCCCCN(C)c1cc(CO)c(N(C)CCCCCC)cc1CO. The third-order valence-corrected chi connectivity index (χ3v) is 5.14. The van der Waals surface area contributed by atoms with Crippen molar-refractivity contribution in [1.82, 2.24) is 0 Å². The Morgan fingerprint density at radius 2 is 1.04 bits per heavy atom. The van der Waals surface area contributed by atoms with Gasteiger partial charge < -0.3 is 20.0 Å². The minimum Gasteiger partial charge on any atom is -0.392 e. The number of aliphatic hydroxyl groups is 2. The fourth-order valence-electron chi connectivity index (χ4n) is 3.42. The Morgan fingerprint density at radius 3 is 1.35 bits per heavy atom. The molecule has 0 saturated heterocycles. The Bertz CT molecular complexity index is 459. The van der Waals surface area contributed by atoms with Crippen molar-refractivity contribution in [2.24, 2.45) is 0 Å². The van der Waals surface area contributed by atoms with Gasteiger partial charge >= 0.3 is 0 Å². The van der Waals surface area contributed by atoms with Gasteiger partial charge in [-0.25, -0.2) is 0 Å². The van der Waals surface area contributed by atoms with Crippen LogP contribution in [0.25, 0.3) is 0 Å². The maximum Gasteiger partial charge on any atom is 0.0702 e. The molecule has 0 atom stereocenters. The highest BCUT2D eigenvalue weighted by molar-refractivity contribution is 5.66. The van der Waals surface area contributed by atoms with Gasteiger partial charge in [-0.15, -0.1) is 0 Å². The number of benzene rings is 1. The van der Waals surface area contributed by atoms with Crippen molar-refractivity contribution in [2.75, 3.05) is 37.0 Å². The number of nitrogens with zero attached hydrogens (tertiary/aromatic N) is 2. The summed E-state index contributed by atoms with van der Waals surface area (Å²) in [5.41, 5.74) is 3.96. The Balaban J connectivity index is 2.88. The minimum absolute atomic E-state index is 0.0248. The summed E-state index contributed by atoms with van der Waals surface area (Å²) in [5.74, 6) is 0. The molecular weight excluding hydrogens is 324 g/mol. The van der Waals surface area contributed by atoms with Crippen LogP contribution in [0.2, 0.25) is 0 Å². The smallest absolute Gasteiger partial charge is 0.0702 e. The van der Waals surface area contributed by atoms with E-state index in [1.165, 1.54) is 38.5 Å². The van der Waals surface area contributed by atoms with Gasteiger partial charge in [0.15, 0.2) is 0 Å². The van der Waals surface area contributed by atoms with Gasteiger partial charge in [0.05, 0.1) is 13.2 Å². The van der Waals surface area contributed by atoms with Gasteiger partial charge in [0.25, 0.3) is 0 Å². The van der Waals surface area contributed by atoms with Crippen LogP contribution in [0.4, 0.5) is 11.4 Å². The zero-order valence-corrected chi connectivity index (χ0v) is 17.4. The monoisotopic (exact) mass is 364 g/mol. The van der Waals surface area contributed by atoms with Crippen molar-refractivity contribution in [3.05, 3.63) is 23.3 Å². The van der Waals surface area contributed by atoms with Crippen LogP contribution in [0.1, 0.15) is 76.3 Å². The molecule has 4 heteroatoms. The number of hydrogen-bond donors (Lipinski definition) is 2. The molecule has 2 N–H and O–H groups in total. The fraction of sp³-hybridized carbons (Fsp3) is 0.727. The van der Waals surface area contributed by atoms with Gasteiger partial charge in [0.1, 0.15) is 0 Å². The van der Waals surface area contributed by atoms with E-state index in [9.17, 15) is 10.2 Å². The number of anilines is 2. The van der Waals surface area contributed by atoms with Gasteiger partial charge in [-0.3, -0.25) is 0 Å². The van der Waals surface area contributed by atoms with E-state index in [1.807, 2.05) is 0 Å². The first-order valence-electron chi connectivity index (χ1n) is 10.4. The van der Waals surface area contributed by atoms with Crippen LogP contribution < -0.4 is 9.80 Å². The highest BCUT2D eigenvalue weighted by atomic mass is 16.3. The van der Waals surface area contributed by atoms with Gasteiger partial charge in [-0.05, 0) is 25.0 Å². The topological polar surface area (TPSA) is 46.9 Å². The van der Waals surface area contributed by atoms with Gasteiger partial charge in [0.2, 0.25) is 0 Å². The van der Waals surface area contributed by atoms with E-state index in [2.05, 4.69) is 49.9 Å². The Morgan fingerprint density at radius 1 is 0.654 bits per heavy atom. The second-order valence-corrected chi connectivity index (χ2v) is 7.39. The molecule has 0 aliphatic rings. The first-order chi connectivity index (χ1) is 12.6. The predicted octanol–water partition coefficient (Wildman–Crippen LogP) is 4.70. The van der Waals surface area contributed by atoms with Crippen LogP contribution in [0.15, 0.2) is 12.1 Å². The molecule has 150 valence electrons. The average Bonchev–Trinajstić information content (AvgIpc) is 2.67. The van der Waals surface area contributed by atoms with E-state index >= 15 is 0 Å². The van der Waals surface area contributed by atoms with Crippen LogP contribution >= 0.6 is 0 Å². The number of aliphatic hydroxyl groups excluding tert-OH is 2. The molecule has 0 aromatic heterocycles. The van der Waals surface area contributed by atoms with E-state index in [0.717, 1.165) is 48.4 Å². The third kappa shape index (κ3) is 7.16. The van der Waals surface area contributed by atoms with Crippen molar-refractivity contribution in [3.63, 3.8) is 0 Å². The Labute approximate surface area is 160 Å². The van der Waals surface area contributed by atoms with Crippen LogP contribution in [-0.4, -0.2) is 37.4 Å². The zero-order chi connectivity index (χ0) is 19.4. The lowest BCUT2D eigenvalue weighted by atomic mass is 10.0. The molecule has 0 saturated carbocycles. The Hall–Kier alpha value is -1.26. The molecule has 0 heterocycles. The molecule has 0 spiro atoms. The molecule has 0 aliphatic carbocycles. The summed E-state index contributed by atoms with van der Waals surface area (Å²) in [6, 6.07) is 4.12. The fourth-order valence-corrected chi connectivity index (χ4v) is 3.42. The lowest BCUT2D eigenvalue weighted by Gasteiger charge is -2.27. The molecule has 0 amide bonds. The van der Waals surface area contributed by atoms with Crippen LogP contribution in [0.3, 0.4) is 0 Å². The minimum atomic E-state index is 0.0248. The molecular formula is C22H40N2O2. The third-order valence-electron chi connectivity index (χ3n) is 5.14. The first-order valence-corrected chi connectivity index (χ1v) is 10.4. The number of unbranched alkanes of at least 4 members (excludes halogenated alkanes) is 6.